The molecule has 1 atom stereocenters. The number of aromatic nitrogens is 3. The molecule has 0 bridgehead atoms. The summed E-state index contributed by atoms with van der Waals surface area (Å²) in [6, 6.07) is 13.1. The molecule has 2 aromatic carbocycles. The van der Waals surface area contributed by atoms with Crippen molar-refractivity contribution in [2.75, 3.05) is 11.4 Å². The van der Waals surface area contributed by atoms with Gasteiger partial charge in [-0.25, -0.2) is 9.97 Å². The summed E-state index contributed by atoms with van der Waals surface area (Å²) in [5.74, 6) is 1.88. The molecular weight excluding hydrogens is 405 g/mol. The first-order chi connectivity index (χ1) is 14.8. The molecule has 5 nitrogen and oxygen atoms in total. The molecule has 1 N–H and O–H groups in total. The zero-order valence-corrected chi connectivity index (χ0v) is 16.9. The van der Waals surface area contributed by atoms with Crippen LogP contribution >= 0.6 is 0 Å². The first kappa shape index (κ1) is 19.4. The minimum Gasteiger partial charge on any atom is -0.486 e. The molecule has 0 saturated heterocycles. The third-order valence-electron chi connectivity index (χ3n) is 5.28. The van der Waals surface area contributed by atoms with Crippen LogP contribution in [0.15, 0.2) is 54.7 Å². The number of halogens is 3. The lowest BCUT2D eigenvalue weighted by Gasteiger charge is -2.35. The van der Waals surface area contributed by atoms with Gasteiger partial charge < -0.3 is 14.6 Å². The zero-order valence-electron chi connectivity index (χ0n) is 16.9. The normalized spacial score (nSPS) is 16.3. The number of nitrogens with zero attached hydrogens (tertiary/aromatic N) is 3. The van der Waals surface area contributed by atoms with Crippen LogP contribution in [0.4, 0.5) is 24.7 Å². The third kappa shape index (κ3) is 3.48. The van der Waals surface area contributed by atoms with Crippen LogP contribution in [0.25, 0.3) is 22.4 Å². The van der Waals surface area contributed by atoms with Gasteiger partial charge in [0.15, 0.2) is 5.75 Å². The Balaban J connectivity index is 1.62. The number of alkyl halides is 3. The van der Waals surface area contributed by atoms with Crippen LogP contribution in [0.5, 0.6) is 5.75 Å². The number of H-pyrrole nitrogens is 1. The number of pyridine rings is 1. The Bertz CT molecular complexity index is 1260. The lowest BCUT2D eigenvalue weighted by molar-refractivity contribution is -0.137. The minimum atomic E-state index is -4.41. The quantitative estimate of drug-likeness (QED) is 0.437. The molecule has 0 amide bonds. The average molecular weight is 424 g/mol. The Morgan fingerprint density at radius 1 is 1.13 bits per heavy atom. The fourth-order valence-electron chi connectivity index (χ4n) is 3.79. The Labute approximate surface area is 176 Å². The highest BCUT2D eigenvalue weighted by molar-refractivity contribution is 5.85. The Morgan fingerprint density at radius 3 is 2.71 bits per heavy atom. The van der Waals surface area contributed by atoms with Gasteiger partial charge in [-0.2, -0.15) is 13.2 Å². The highest BCUT2D eigenvalue weighted by atomic mass is 19.4. The zero-order chi connectivity index (χ0) is 21.8. The van der Waals surface area contributed by atoms with Crippen molar-refractivity contribution in [3.8, 4) is 17.1 Å². The molecule has 0 spiro atoms. The molecule has 0 aliphatic carbocycles. The third-order valence-corrected chi connectivity index (χ3v) is 5.28. The summed E-state index contributed by atoms with van der Waals surface area (Å²) in [5, 5.41) is 0. The highest BCUT2D eigenvalue weighted by Crippen LogP contribution is 2.44. The van der Waals surface area contributed by atoms with E-state index in [1.807, 2.05) is 50.4 Å². The minimum absolute atomic E-state index is 0.113. The summed E-state index contributed by atoms with van der Waals surface area (Å²) in [4.78, 5) is 14.2. The van der Waals surface area contributed by atoms with Crippen LogP contribution in [0, 0.1) is 6.92 Å². The van der Waals surface area contributed by atoms with Gasteiger partial charge in [0.2, 0.25) is 0 Å². The molecule has 1 aliphatic rings. The maximum absolute atomic E-state index is 13.1. The van der Waals surface area contributed by atoms with E-state index in [0.717, 1.165) is 29.2 Å². The molecule has 0 radical (unpaired) electrons. The molecule has 1 unspecified atom stereocenters. The number of aromatic amines is 1. The number of para-hydroxylation sites is 1. The molecule has 2 aromatic heterocycles. The maximum atomic E-state index is 13.1. The SMILES string of the molecule is Cc1ccc(N2CC(C)Oc3c(-c4nc5ccc(C(F)(F)F)cc5[nH]4)cccc32)nc1. The number of benzene rings is 2. The lowest BCUT2D eigenvalue weighted by atomic mass is 10.1. The van der Waals surface area contributed by atoms with Crippen LogP contribution in [-0.2, 0) is 6.18 Å². The van der Waals surface area contributed by atoms with Gasteiger partial charge in [-0.3, -0.25) is 0 Å². The van der Waals surface area contributed by atoms with Gasteiger partial charge in [0.1, 0.15) is 17.7 Å². The number of anilines is 2. The van der Waals surface area contributed by atoms with Gasteiger partial charge in [0.25, 0.3) is 0 Å². The van der Waals surface area contributed by atoms with E-state index in [4.69, 9.17) is 4.74 Å². The fourth-order valence-corrected chi connectivity index (χ4v) is 3.79. The van der Waals surface area contributed by atoms with Crippen LogP contribution in [-0.4, -0.2) is 27.6 Å². The van der Waals surface area contributed by atoms with Crippen molar-refractivity contribution in [1.82, 2.24) is 15.0 Å². The first-order valence-electron chi connectivity index (χ1n) is 9.87. The molecule has 158 valence electrons. The molecule has 1 aliphatic heterocycles. The van der Waals surface area contributed by atoms with Gasteiger partial charge in [0, 0.05) is 6.20 Å². The largest absolute Gasteiger partial charge is 0.486 e. The lowest BCUT2D eigenvalue weighted by Crippen LogP contribution is -2.36. The van der Waals surface area contributed by atoms with Crippen LogP contribution in [0.2, 0.25) is 0 Å². The van der Waals surface area contributed by atoms with E-state index in [1.54, 1.807) is 0 Å². The number of aryl methyl sites for hydroxylation is 1. The molecule has 3 heterocycles. The second-order valence-corrected chi connectivity index (χ2v) is 7.70. The Kier molecular flexibility index (Phi) is 4.39. The van der Waals surface area contributed by atoms with Crippen LogP contribution < -0.4 is 9.64 Å². The fraction of sp³-hybridized carbons (Fsp3) is 0.217. The van der Waals surface area contributed by atoms with Crippen molar-refractivity contribution in [2.45, 2.75) is 26.1 Å². The molecule has 0 fully saturated rings. The Hall–Kier alpha value is -3.55. The first-order valence-corrected chi connectivity index (χ1v) is 9.87. The number of rotatable bonds is 2. The van der Waals surface area contributed by atoms with Gasteiger partial charge in [-0.1, -0.05) is 12.1 Å². The maximum Gasteiger partial charge on any atom is 0.416 e. The number of imidazole rings is 1. The average Bonchev–Trinajstić information content (AvgIpc) is 3.16. The van der Waals surface area contributed by atoms with Gasteiger partial charge in [-0.15, -0.1) is 0 Å². The summed E-state index contributed by atoms with van der Waals surface area (Å²) in [5.41, 5.74) is 2.66. The van der Waals surface area contributed by atoms with Crippen molar-refractivity contribution in [1.29, 1.82) is 0 Å². The van der Waals surface area contributed by atoms with Crippen LogP contribution in [0.1, 0.15) is 18.1 Å². The molecule has 0 saturated carbocycles. The number of ether oxygens (including phenoxy) is 1. The molecule has 4 aromatic rings. The molecule has 31 heavy (non-hydrogen) atoms. The summed E-state index contributed by atoms with van der Waals surface area (Å²) in [7, 11) is 0. The van der Waals surface area contributed by atoms with Crippen molar-refractivity contribution in [3.63, 3.8) is 0 Å². The summed E-state index contributed by atoms with van der Waals surface area (Å²) < 4.78 is 45.4. The van der Waals surface area contributed by atoms with E-state index in [2.05, 4.69) is 19.9 Å². The number of fused-ring (bicyclic) bond motifs is 2. The standard InChI is InChI=1S/C23H19F3N4O/c1-13-6-9-20(27-11-13)30-12-14(2)31-21-16(4-3-5-19(21)30)22-28-17-8-7-15(23(24,25)26)10-18(17)29-22/h3-11,14H,12H2,1-2H3,(H,28,29). The second-order valence-electron chi connectivity index (χ2n) is 7.70. The number of nitrogens with one attached hydrogen (secondary N) is 1. The second kappa shape index (κ2) is 7.01. The van der Waals surface area contributed by atoms with E-state index in [0.29, 0.717) is 34.7 Å². The molecule has 8 heteroatoms. The molecular formula is C23H19F3N4O. The summed E-state index contributed by atoms with van der Waals surface area (Å²) in [6.45, 7) is 4.58. The van der Waals surface area contributed by atoms with Gasteiger partial charge >= 0.3 is 6.18 Å². The number of hydrogen-bond acceptors (Lipinski definition) is 4. The smallest absolute Gasteiger partial charge is 0.416 e. The highest BCUT2D eigenvalue weighted by Gasteiger charge is 2.31. The predicted molar refractivity (Wildman–Crippen MR) is 113 cm³/mol. The van der Waals surface area contributed by atoms with Crippen molar-refractivity contribution >= 4 is 22.5 Å². The van der Waals surface area contributed by atoms with Crippen LogP contribution in [0.3, 0.4) is 0 Å². The van der Waals surface area contributed by atoms with E-state index in [-0.39, 0.29) is 6.10 Å². The summed E-state index contributed by atoms with van der Waals surface area (Å²) >= 11 is 0. The number of hydrogen-bond donors (Lipinski definition) is 1. The van der Waals surface area contributed by atoms with Gasteiger partial charge in [0.05, 0.1) is 34.4 Å². The van der Waals surface area contributed by atoms with Crippen molar-refractivity contribution in [3.05, 3.63) is 65.9 Å². The summed E-state index contributed by atoms with van der Waals surface area (Å²) in [6.07, 6.45) is -2.71. The van der Waals surface area contributed by atoms with E-state index in [9.17, 15) is 13.2 Å². The Morgan fingerprint density at radius 2 is 1.97 bits per heavy atom. The van der Waals surface area contributed by atoms with E-state index < -0.39 is 11.7 Å². The van der Waals surface area contributed by atoms with Crippen molar-refractivity contribution in [2.24, 2.45) is 0 Å². The topological polar surface area (TPSA) is 54.0 Å². The van der Waals surface area contributed by atoms with Crippen molar-refractivity contribution < 1.29 is 17.9 Å². The molecule has 5 rings (SSSR count). The van der Waals surface area contributed by atoms with E-state index >= 15 is 0 Å². The monoisotopic (exact) mass is 424 g/mol. The predicted octanol–water partition coefficient (Wildman–Crippen LogP) is 5.87. The van der Waals surface area contributed by atoms with Gasteiger partial charge in [-0.05, 0) is 55.8 Å². The van der Waals surface area contributed by atoms with E-state index in [1.165, 1.54) is 6.07 Å².